The van der Waals surface area contributed by atoms with E-state index in [0.717, 1.165) is 36.3 Å². The van der Waals surface area contributed by atoms with Crippen LogP contribution in [0.25, 0.3) is 11.1 Å². The van der Waals surface area contributed by atoms with Crippen molar-refractivity contribution < 1.29 is 14.6 Å². The van der Waals surface area contributed by atoms with Crippen molar-refractivity contribution in [2.75, 3.05) is 30.4 Å². The van der Waals surface area contributed by atoms with Gasteiger partial charge in [-0.15, -0.1) is 0 Å². The number of aliphatic hydroxyl groups is 1. The number of hydrogen-bond donors (Lipinski definition) is 4. The third-order valence-electron chi connectivity index (χ3n) is 6.11. The summed E-state index contributed by atoms with van der Waals surface area (Å²) in [5.41, 5.74) is 14.0. The van der Waals surface area contributed by atoms with Crippen LogP contribution < -0.4 is 26.4 Å². The van der Waals surface area contributed by atoms with Gasteiger partial charge in [0.2, 0.25) is 5.95 Å². The molecular formula is C26H32N6O3. The second-order valence-electron chi connectivity index (χ2n) is 9.36. The normalized spacial score (nSPS) is 16.1. The minimum absolute atomic E-state index is 0.0510. The maximum atomic E-state index is 12.1. The molecule has 2 heterocycles. The van der Waals surface area contributed by atoms with Crippen molar-refractivity contribution in [3.05, 3.63) is 59.8 Å². The number of methoxy groups -OCH3 is 1. The average molecular weight is 477 g/mol. The van der Waals surface area contributed by atoms with Crippen LogP contribution in [0.2, 0.25) is 0 Å². The summed E-state index contributed by atoms with van der Waals surface area (Å²) in [6.45, 7) is 4.88. The van der Waals surface area contributed by atoms with E-state index >= 15 is 0 Å². The second-order valence-corrected chi connectivity index (χ2v) is 9.36. The third-order valence-corrected chi connectivity index (χ3v) is 6.11. The number of rotatable bonds is 7. The molecule has 4 rings (SSSR count). The highest BCUT2D eigenvalue weighted by Gasteiger charge is 2.22. The van der Waals surface area contributed by atoms with Gasteiger partial charge >= 0.3 is 0 Å². The standard InChI is InChI=1S/C26H32N6O3/c1-26(2,34)18-11-17(16-6-8-21(35-3)9-7-16)12-20(13-18)30-24-22(23(28)33)14-29-25(31-24)32-10-4-5-19(27)15-32/h6-9,11-14,19,34H,4-5,10,15,27H2,1-3H3,(H2,28,33)(H,29,30,31). The molecule has 2 aromatic carbocycles. The Hall–Kier alpha value is -3.69. The fourth-order valence-corrected chi connectivity index (χ4v) is 4.13. The lowest BCUT2D eigenvalue weighted by Crippen LogP contribution is -2.43. The number of carbonyl (C=O) groups is 1. The first kappa shape index (κ1) is 24.4. The molecule has 1 aromatic heterocycles. The number of amides is 1. The number of carbonyl (C=O) groups excluding carboxylic acids is 1. The number of primary amides is 1. The molecule has 9 nitrogen and oxygen atoms in total. The minimum Gasteiger partial charge on any atom is -0.497 e. The SMILES string of the molecule is COc1ccc(-c2cc(Nc3nc(N4CCCC(N)C4)ncc3C(N)=O)cc(C(C)(C)O)c2)cc1. The van der Waals surface area contributed by atoms with Gasteiger partial charge in [0.15, 0.2) is 0 Å². The first-order valence-electron chi connectivity index (χ1n) is 11.6. The molecule has 0 bridgehead atoms. The predicted molar refractivity (Wildman–Crippen MR) is 137 cm³/mol. The zero-order valence-electron chi connectivity index (χ0n) is 20.3. The van der Waals surface area contributed by atoms with Gasteiger partial charge in [-0.2, -0.15) is 4.98 Å². The van der Waals surface area contributed by atoms with E-state index in [-0.39, 0.29) is 11.6 Å². The number of nitrogens with two attached hydrogens (primary N) is 2. The fraction of sp³-hybridized carbons (Fsp3) is 0.346. The molecule has 1 fully saturated rings. The van der Waals surface area contributed by atoms with Gasteiger partial charge in [-0.3, -0.25) is 4.79 Å². The van der Waals surface area contributed by atoms with Crippen LogP contribution in [0.5, 0.6) is 5.75 Å². The second kappa shape index (κ2) is 9.89. The van der Waals surface area contributed by atoms with Gasteiger partial charge in [-0.1, -0.05) is 12.1 Å². The summed E-state index contributed by atoms with van der Waals surface area (Å²) in [5.74, 6) is 0.906. The first-order chi connectivity index (χ1) is 16.6. The van der Waals surface area contributed by atoms with Crippen molar-refractivity contribution >= 4 is 23.4 Å². The lowest BCUT2D eigenvalue weighted by Gasteiger charge is -2.31. The predicted octanol–water partition coefficient (Wildman–Crippen LogP) is 3.15. The molecule has 1 aliphatic heterocycles. The minimum atomic E-state index is -1.09. The molecule has 184 valence electrons. The topological polar surface area (TPSA) is 140 Å². The number of nitrogens with one attached hydrogen (secondary N) is 1. The molecule has 1 saturated heterocycles. The highest BCUT2D eigenvalue weighted by molar-refractivity contribution is 5.98. The van der Waals surface area contributed by atoms with E-state index in [1.165, 1.54) is 6.20 Å². The zero-order valence-corrected chi connectivity index (χ0v) is 20.3. The number of ether oxygens (including phenoxy) is 1. The lowest BCUT2D eigenvalue weighted by atomic mass is 9.93. The van der Waals surface area contributed by atoms with E-state index in [2.05, 4.69) is 15.3 Å². The molecule has 0 spiro atoms. The smallest absolute Gasteiger partial charge is 0.254 e. The highest BCUT2D eigenvalue weighted by Crippen LogP contribution is 2.33. The number of piperidine rings is 1. The van der Waals surface area contributed by atoms with Gasteiger partial charge < -0.3 is 31.5 Å². The largest absolute Gasteiger partial charge is 0.497 e. The summed E-state index contributed by atoms with van der Waals surface area (Å²) in [6.07, 6.45) is 3.35. The summed E-state index contributed by atoms with van der Waals surface area (Å²) in [7, 11) is 1.62. The third kappa shape index (κ3) is 5.70. The molecular weight excluding hydrogens is 444 g/mol. The first-order valence-corrected chi connectivity index (χ1v) is 11.6. The van der Waals surface area contributed by atoms with Gasteiger partial charge in [0.05, 0.1) is 12.7 Å². The van der Waals surface area contributed by atoms with E-state index in [0.29, 0.717) is 29.6 Å². The van der Waals surface area contributed by atoms with Gasteiger partial charge in [-0.05, 0) is 73.7 Å². The molecule has 6 N–H and O–H groups in total. The molecule has 0 radical (unpaired) electrons. The monoisotopic (exact) mass is 476 g/mol. The number of nitrogens with zero attached hydrogens (tertiary/aromatic N) is 3. The Kier molecular flexibility index (Phi) is 6.90. The average Bonchev–Trinajstić information content (AvgIpc) is 2.83. The van der Waals surface area contributed by atoms with E-state index < -0.39 is 11.5 Å². The molecule has 0 aliphatic carbocycles. The van der Waals surface area contributed by atoms with Gasteiger partial charge in [0.25, 0.3) is 5.91 Å². The van der Waals surface area contributed by atoms with Crippen molar-refractivity contribution in [2.45, 2.75) is 38.3 Å². The van der Waals surface area contributed by atoms with E-state index in [1.807, 2.05) is 47.4 Å². The summed E-state index contributed by atoms with van der Waals surface area (Å²) in [5, 5.41) is 14.0. The molecule has 0 saturated carbocycles. The molecule has 35 heavy (non-hydrogen) atoms. The van der Waals surface area contributed by atoms with Crippen LogP contribution >= 0.6 is 0 Å². The van der Waals surface area contributed by atoms with E-state index in [9.17, 15) is 9.90 Å². The molecule has 1 amide bonds. The molecule has 1 atom stereocenters. The quantitative estimate of drug-likeness (QED) is 0.408. The number of anilines is 3. The highest BCUT2D eigenvalue weighted by atomic mass is 16.5. The number of hydrogen-bond acceptors (Lipinski definition) is 8. The van der Waals surface area contributed by atoms with Gasteiger partial charge in [0, 0.05) is 31.0 Å². The van der Waals surface area contributed by atoms with Crippen molar-refractivity contribution in [3.8, 4) is 16.9 Å². The molecule has 1 aliphatic rings. The van der Waals surface area contributed by atoms with Gasteiger partial charge in [-0.25, -0.2) is 4.98 Å². The zero-order chi connectivity index (χ0) is 25.2. The Morgan fingerprint density at radius 1 is 1.20 bits per heavy atom. The van der Waals surface area contributed by atoms with E-state index in [4.69, 9.17) is 16.2 Å². The summed E-state index contributed by atoms with van der Waals surface area (Å²) in [4.78, 5) is 23.2. The Labute approximate surface area is 205 Å². The Morgan fingerprint density at radius 3 is 2.57 bits per heavy atom. The van der Waals surface area contributed by atoms with Crippen molar-refractivity contribution in [1.29, 1.82) is 0 Å². The number of benzene rings is 2. The van der Waals surface area contributed by atoms with Crippen LogP contribution in [0.3, 0.4) is 0 Å². The van der Waals surface area contributed by atoms with E-state index in [1.54, 1.807) is 21.0 Å². The van der Waals surface area contributed by atoms with Crippen LogP contribution in [0.4, 0.5) is 17.5 Å². The lowest BCUT2D eigenvalue weighted by molar-refractivity contribution is 0.0787. The summed E-state index contributed by atoms with van der Waals surface area (Å²) in [6, 6.07) is 13.4. The van der Waals surface area contributed by atoms with Crippen molar-refractivity contribution in [3.63, 3.8) is 0 Å². The Balaban J connectivity index is 1.75. The Bertz CT molecular complexity index is 1210. The van der Waals surface area contributed by atoms with Crippen molar-refractivity contribution in [1.82, 2.24) is 9.97 Å². The van der Waals surface area contributed by atoms with Crippen LogP contribution in [-0.4, -0.2) is 47.2 Å². The van der Waals surface area contributed by atoms with Crippen LogP contribution in [0.1, 0.15) is 42.6 Å². The molecule has 3 aromatic rings. The fourth-order valence-electron chi connectivity index (χ4n) is 4.13. The van der Waals surface area contributed by atoms with Crippen LogP contribution in [0.15, 0.2) is 48.7 Å². The molecule has 9 heteroatoms. The summed E-state index contributed by atoms with van der Waals surface area (Å²) >= 11 is 0. The Morgan fingerprint density at radius 2 is 1.94 bits per heavy atom. The summed E-state index contributed by atoms with van der Waals surface area (Å²) < 4.78 is 5.27. The molecule has 1 unspecified atom stereocenters. The maximum Gasteiger partial charge on any atom is 0.254 e. The van der Waals surface area contributed by atoms with Gasteiger partial charge in [0.1, 0.15) is 17.1 Å². The maximum absolute atomic E-state index is 12.1. The van der Waals surface area contributed by atoms with Crippen molar-refractivity contribution in [2.24, 2.45) is 11.5 Å². The van der Waals surface area contributed by atoms with Crippen LogP contribution in [0, 0.1) is 0 Å². The van der Waals surface area contributed by atoms with Crippen LogP contribution in [-0.2, 0) is 5.60 Å². The number of aromatic nitrogens is 2.